The van der Waals surface area contributed by atoms with Crippen LogP contribution in [0, 0.1) is 10.1 Å². The molecule has 0 unspecified atom stereocenters. The lowest BCUT2D eigenvalue weighted by atomic mass is 10.2. The summed E-state index contributed by atoms with van der Waals surface area (Å²) in [6.45, 7) is 0. The molecule has 1 amide bonds. The number of benzene rings is 2. The summed E-state index contributed by atoms with van der Waals surface area (Å²) >= 11 is 7.28. The number of nitrogens with one attached hydrogen (secondary N) is 1. The Bertz CT molecular complexity index is 733. The molecule has 6 nitrogen and oxygen atoms in total. The molecule has 0 atom stereocenters. The van der Waals surface area contributed by atoms with Crippen LogP contribution in [0.1, 0.15) is 11.1 Å². The van der Waals surface area contributed by atoms with E-state index in [1.54, 1.807) is 12.1 Å². The Balaban J connectivity index is 1.72. The number of halogens is 1. The molecule has 0 saturated carbocycles. The minimum atomic E-state index is -0.472. The lowest BCUT2D eigenvalue weighted by Crippen LogP contribution is -2.19. The van der Waals surface area contributed by atoms with Gasteiger partial charge in [0.1, 0.15) is 0 Å². The van der Waals surface area contributed by atoms with Gasteiger partial charge >= 0.3 is 0 Å². The van der Waals surface area contributed by atoms with Crippen molar-refractivity contribution in [3.8, 4) is 0 Å². The summed E-state index contributed by atoms with van der Waals surface area (Å²) in [6.07, 6.45) is 1.44. The molecule has 2 rings (SSSR count). The molecular weight excluding hydrogens is 350 g/mol. The summed E-state index contributed by atoms with van der Waals surface area (Å²) in [5, 5.41) is 15.1. The minimum absolute atomic E-state index is 0.00906. The van der Waals surface area contributed by atoms with Gasteiger partial charge in [-0.3, -0.25) is 14.9 Å². The summed E-state index contributed by atoms with van der Waals surface area (Å²) in [4.78, 5) is 21.7. The van der Waals surface area contributed by atoms with Crippen LogP contribution in [0.4, 0.5) is 5.69 Å². The van der Waals surface area contributed by atoms with E-state index in [0.29, 0.717) is 16.3 Å². The molecule has 24 heavy (non-hydrogen) atoms. The standard InChI is InChI=1S/C16H14ClN3O3S/c17-14-5-1-13(2-6-14)10-24-11-16(21)19-18-9-12-3-7-15(8-4-12)20(22)23/h1-9H,10-11H2,(H,19,21)/b18-9+. The van der Waals surface area contributed by atoms with E-state index >= 15 is 0 Å². The van der Waals surface area contributed by atoms with E-state index in [4.69, 9.17) is 11.6 Å². The Morgan fingerprint density at radius 1 is 1.21 bits per heavy atom. The van der Waals surface area contributed by atoms with Crippen molar-refractivity contribution >= 4 is 41.2 Å². The number of nitro groups is 1. The van der Waals surface area contributed by atoms with Crippen LogP contribution < -0.4 is 5.43 Å². The molecule has 0 fully saturated rings. The minimum Gasteiger partial charge on any atom is -0.272 e. The van der Waals surface area contributed by atoms with Gasteiger partial charge in [-0.15, -0.1) is 11.8 Å². The van der Waals surface area contributed by atoms with Crippen molar-refractivity contribution in [2.75, 3.05) is 5.75 Å². The first-order valence-corrected chi connectivity index (χ1v) is 8.46. The Labute approximate surface area is 148 Å². The first-order chi connectivity index (χ1) is 11.5. The zero-order chi connectivity index (χ0) is 17.4. The SMILES string of the molecule is O=C(CSCc1ccc(Cl)cc1)N/N=C/c1ccc([N+](=O)[O-])cc1. The first kappa shape index (κ1) is 18.0. The third kappa shape index (κ3) is 6.02. The van der Waals surface area contributed by atoms with Crippen molar-refractivity contribution in [2.45, 2.75) is 5.75 Å². The second-order valence-electron chi connectivity index (χ2n) is 4.76. The normalized spacial score (nSPS) is 10.7. The van der Waals surface area contributed by atoms with E-state index in [2.05, 4.69) is 10.5 Å². The summed E-state index contributed by atoms with van der Waals surface area (Å²) < 4.78 is 0. The molecule has 0 aliphatic rings. The zero-order valence-electron chi connectivity index (χ0n) is 12.5. The van der Waals surface area contributed by atoms with Gasteiger partial charge < -0.3 is 0 Å². The Hall–Kier alpha value is -2.38. The van der Waals surface area contributed by atoms with Crippen molar-refractivity contribution < 1.29 is 9.72 Å². The van der Waals surface area contributed by atoms with Gasteiger partial charge in [0, 0.05) is 22.9 Å². The highest BCUT2D eigenvalue weighted by atomic mass is 35.5. The number of hydrogen-bond donors (Lipinski definition) is 1. The number of rotatable bonds is 7. The summed E-state index contributed by atoms with van der Waals surface area (Å²) in [5.74, 6) is 0.767. The number of nitro benzene ring substituents is 1. The molecule has 2 aromatic carbocycles. The van der Waals surface area contributed by atoms with E-state index in [9.17, 15) is 14.9 Å². The topological polar surface area (TPSA) is 84.6 Å². The molecule has 124 valence electrons. The van der Waals surface area contributed by atoms with Crippen molar-refractivity contribution in [2.24, 2.45) is 5.10 Å². The Morgan fingerprint density at radius 3 is 2.50 bits per heavy atom. The van der Waals surface area contributed by atoms with Crippen molar-refractivity contribution in [3.05, 3.63) is 74.8 Å². The maximum absolute atomic E-state index is 11.7. The number of non-ortho nitro benzene ring substituents is 1. The molecule has 0 bridgehead atoms. The van der Waals surface area contributed by atoms with Gasteiger partial charge in [-0.05, 0) is 35.4 Å². The van der Waals surface area contributed by atoms with Gasteiger partial charge in [0.25, 0.3) is 5.69 Å². The smallest absolute Gasteiger partial charge is 0.269 e. The van der Waals surface area contributed by atoms with Crippen LogP contribution in [0.3, 0.4) is 0 Å². The molecule has 0 heterocycles. The van der Waals surface area contributed by atoms with Crippen LogP contribution in [-0.2, 0) is 10.5 Å². The predicted octanol–water partition coefficient (Wildman–Crippen LogP) is 3.63. The molecule has 2 aromatic rings. The highest BCUT2D eigenvalue weighted by Gasteiger charge is 2.03. The van der Waals surface area contributed by atoms with Crippen LogP contribution in [0.2, 0.25) is 5.02 Å². The van der Waals surface area contributed by atoms with Gasteiger partial charge in [0.15, 0.2) is 0 Å². The van der Waals surface area contributed by atoms with Crippen LogP contribution in [0.25, 0.3) is 0 Å². The fraction of sp³-hybridized carbons (Fsp3) is 0.125. The molecule has 1 N–H and O–H groups in total. The number of hydrogen-bond acceptors (Lipinski definition) is 5. The second-order valence-corrected chi connectivity index (χ2v) is 6.18. The third-order valence-electron chi connectivity index (χ3n) is 2.92. The van der Waals surface area contributed by atoms with Crippen LogP contribution in [0.15, 0.2) is 53.6 Å². The van der Waals surface area contributed by atoms with E-state index in [-0.39, 0.29) is 17.3 Å². The quantitative estimate of drug-likeness (QED) is 0.462. The maximum atomic E-state index is 11.7. The summed E-state index contributed by atoms with van der Waals surface area (Å²) in [7, 11) is 0. The summed E-state index contributed by atoms with van der Waals surface area (Å²) in [5.41, 5.74) is 4.18. The van der Waals surface area contributed by atoms with Crippen LogP contribution >= 0.6 is 23.4 Å². The third-order valence-corrected chi connectivity index (χ3v) is 4.18. The second kappa shape index (κ2) is 9.05. The van der Waals surface area contributed by atoms with Crippen molar-refractivity contribution in [3.63, 3.8) is 0 Å². The molecule has 0 aliphatic carbocycles. The largest absolute Gasteiger partial charge is 0.272 e. The lowest BCUT2D eigenvalue weighted by Gasteiger charge is -2.01. The zero-order valence-corrected chi connectivity index (χ0v) is 14.1. The fourth-order valence-corrected chi connectivity index (χ4v) is 2.64. The van der Waals surface area contributed by atoms with E-state index in [0.717, 1.165) is 5.56 Å². The number of amides is 1. The van der Waals surface area contributed by atoms with Crippen LogP contribution in [-0.4, -0.2) is 22.8 Å². The predicted molar refractivity (Wildman–Crippen MR) is 96.4 cm³/mol. The molecule has 0 spiro atoms. The van der Waals surface area contributed by atoms with Gasteiger partial charge in [0.2, 0.25) is 5.91 Å². The molecular formula is C16H14ClN3O3S. The number of nitrogens with zero attached hydrogens (tertiary/aromatic N) is 2. The Morgan fingerprint density at radius 2 is 1.88 bits per heavy atom. The fourth-order valence-electron chi connectivity index (χ4n) is 1.74. The highest BCUT2D eigenvalue weighted by molar-refractivity contribution is 7.99. The number of thioether (sulfide) groups is 1. The van der Waals surface area contributed by atoms with Gasteiger partial charge in [-0.1, -0.05) is 23.7 Å². The number of hydrazone groups is 1. The van der Waals surface area contributed by atoms with Crippen molar-refractivity contribution in [1.29, 1.82) is 0 Å². The average Bonchev–Trinajstić information content (AvgIpc) is 2.57. The number of carbonyl (C=O) groups excluding carboxylic acids is 1. The van der Waals surface area contributed by atoms with E-state index < -0.39 is 4.92 Å². The van der Waals surface area contributed by atoms with Gasteiger partial charge in [-0.25, -0.2) is 5.43 Å². The van der Waals surface area contributed by atoms with Crippen LogP contribution in [0.5, 0.6) is 0 Å². The highest BCUT2D eigenvalue weighted by Crippen LogP contribution is 2.15. The molecule has 0 aliphatic heterocycles. The first-order valence-electron chi connectivity index (χ1n) is 6.93. The van der Waals surface area contributed by atoms with Crippen molar-refractivity contribution in [1.82, 2.24) is 5.43 Å². The molecule has 8 heteroatoms. The van der Waals surface area contributed by atoms with E-state index in [1.165, 1.54) is 30.1 Å². The average molecular weight is 364 g/mol. The Kier molecular flexibility index (Phi) is 6.77. The lowest BCUT2D eigenvalue weighted by molar-refractivity contribution is -0.384. The summed E-state index contributed by atoms with van der Waals surface area (Å²) in [6, 6.07) is 13.3. The maximum Gasteiger partial charge on any atom is 0.269 e. The van der Waals surface area contributed by atoms with Gasteiger partial charge in [0.05, 0.1) is 16.9 Å². The molecule has 0 aromatic heterocycles. The molecule has 0 radical (unpaired) electrons. The van der Waals surface area contributed by atoms with Gasteiger partial charge in [-0.2, -0.15) is 5.10 Å². The van der Waals surface area contributed by atoms with E-state index in [1.807, 2.05) is 24.3 Å². The monoisotopic (exact) mass is 363 g/mol. The number of carbonyl (C=O) groups is 1. The molecule has 0 saturated heterocycles.